The Balaban J connectivity index is 0.983. The summed E-state index contributed by atoms with van der Waals surface area (Å²) < 4.78 is 99.1. The van der Waals surface area contributed by atoms with Crippen molar-refractivity contribution in [2.24, 2.45) is 0 Å². The Bertz CT molecular complexity index is 2840. The number of nitrogens with one attached hydrogen (secondary N) is 3. The number of amides is 3. The predicted molar refractivity (Wildman–Crippen MR) is 332 cm³/mol. The average Bonchev–Trinajstić information content (AvgIpc) is 0.744. The molecule has 9 saturated heterocycles. The molecule has 0 aliphatic carbocycles. The lowest BCUT2D eigenvalue weighted by molar-refractivity contribution is -0.391. The van der Waals surface area contributed by atoms with Crippen molar-refractivity contribution in [3.05, 3.63) is 0 Å². The van der Waals surface area contributed by atoms with Crippen LogP contribution in [0.3, 0.4) is 0 Å². The van der Waals surface area contributed by atoms with Gasteiger partial charge in [0, 0.05) is 20.8 Å². The first kappa shape index (κ1) is 89.6. The van der Waals surface area contributed by atoms with E-state index in [1.165, 1.54) is 0 Å². The van der Waals surface area contributed by atoms with Gasteiger partial charge in [0.2, 0.25) is 17.7 Å². The molecule has 0 unspecified atom stereocenters. The van der Waals surface area contributed by atoms with E-state index in [9.17, 15) is 147 Å². The van der Waals surface area contributed by atoms with E-state index in [4.69, 9.17) is 80.5 Å². The van der Waals surface area contributed by atoms with E-state index >= 15 is 0 Å². The third kappa shape index (κ3) is 19.7. The van der Waals surface area contributed by atoms with Crippen LogP contribution in [0.5, 0.6) is 0 Å². The molecular formula is C60H101N3O46. The number of carbonyl (C=O) groups is 3. The minimum absolute atomic E-state index is 0.872. The lowest BCUT2D eigenvalue weighted by Gasteiger charge is -2.50. The van der Waals surface area contributed by atoms with Crippen LogP contribution in [0.25, 0.3) is 0 Å². The van der Waals surface area contributed by atoms with Gasteiger partial charge in [-0.3, -0.25) is 14.4 Å². The average molecular weight is 1600 g/mol. The fourth-order valence-corrected chi connectivity index (χ4v) is 13.9. The molecule has 49 nitrogen and oxygen atoms in total. The van der Waals surface area contributed by atoms with Gasteiger partial charge < -0.3 is 229 Å². The molecule has 45 atom stereocenters. The summed E-state index contributed by atoms with van der Waals surface area (Å²) in [7, 11) is 0. The van der Waals surface area contributed by atoms with Crippen LogP contribution in [-0.4, -0.2) is 486 Å². The van der Waals surface area contributed by atoms with Crippen LogP contribution in [0.4, 0.5) is 0 Å². The first-order chi connectivity index (χ1) is 51.6. The van der Waals surface area contributed by atoms with Crippen molar-refractivity contribution < 1.29 is 228 Å². The van der Waals surface area contributed by atoms with Gasteiger partial charge in [0.05, 0.1) is 59.5 Å². The van der Waals surface area contributed by atoms with Crippen molar-refractivity contribution in [3.63, 3.8) is 0 Å². The number of hydrogen-bond acceptors (Lipinski definition) is 46. The number of hydrogen-bond donors (Lipinski definition) is 29. The first-order valence-electron chi connectivity index (χ1n) is 34.6. The molecule has 632 valence electrons. The van der Waals surface area contributed by atoms with Gasteiger partial charge in [-0.15, -0.1) is 0 Å². The maximum Gasteiger partial charge on any atom is 0.217 e. The maximum atomic E-state index is 12.9. The summed E-state index contributed by atoms with van der Waals surface area (Å²) in [6.45, 7) is -6.47. The van der Waals surface area contributed by atoms with Crippen molar-refractivity contribution in [3.8, 4) is 0 Å². The van der Waals surface area contributed by atoms with Gasteiger partial charge in [-0.2, -0.15) is 0 Å². The van der Waals surface area contributed by atoms with E-state index in [0.29, 0.717) is 0 Å². The van der Waals surface area contributed by atoms with E-state index in [-0.39, 0.29) is 0 Å². The highest BCUT2D eigenvalue weighted by Gasteiger charge is 2.60. The molecule has 9 aliphatic heterocycles. The Kier molecular flexibility index (Phi) is 32.1. The van der Waals surface area contributed by atoms with Gasteiger partial charge in [0.15, 0.2) is 56.6 Å². The zero-order valence-corrected chi connectivity index (χ0v) is 58.1. The highest BCUT2D eigenvalue weighted by atomic mass is 16.8. The van der Waals surface area contributed by atoms with Gasteiger partial charge >= 0.3 is 0 Å². The Morgan fingerprint density at radius 2 is 0.495 bits per heavy atom. The molecule has 9 fully saturated rings. The minimum atomic E-state index is -2.45. The van der Waals surface area contributed by atoms with Gasteiger partial charge in [-0.05, 0) is 0 Å². The molecule has 49 heteroatoms. The molecule has 9 heterocycles. The van der Waals surface area contributed by atoms with Crippen LogP contribution in [0.1, 0.15) is 20.8 Å². The van der Waals surface area contributed by atoms with Gasteiger partial charge in [0.25, 0.3) is 0 Å². The molecule has 9 rings (SSSR count). The molecule has 0 aromatic heterocycles. The molecule has 0 spiro atoms. The molecule has 29 N–H and O–H groups in total. The Morgan fingerprint density at radius 1 is 0.239 bits per heavy atom. The van der Waals surface area contributed by atoms with Gasteiger partial charge in [-0.25, -0.2) is 0 Å². The minimum Gasteiger partial charge on any atom is -0.394 e. The lowest BCUT2D eigenvalue weighted by atomic mass is 9.94. The molecule has 0 aromatic rings. The maximum absolute atomic E-state index is 12.9. The van der Waals surface area contributed by atoms with Crippen LogP contribution in [0, 0.1) is 0 Å². The van der Waals surface area contributed by atoms with Crippen LogP contribution < -0.4 is 16.0 Å². The van der Waals surface area contributed by atoms with Crippen LogP contribution >= 0.6 is 0 Å². The molecule has 109 heavy (non-hydrogen) atoms. The number of carbonyl (C=O) groups excluding carboxylic acids is 3. The number of rotatable bonds is 28. The molecule has 0 bridgehead atoms. The predicted octanol–water partition coefficient (Wildman–Crippen LogP) is -20.2. The van der Waals surface area contributed by atoms with Crippen LogP contribution in [-0.2, 0) is 94.9 Å². The molecule has 3 amide bonds. The van der Waals surface area contributed by atoms with Crippen molar-refractivity contribution in [2.45, 2.75) is 297 Å². The zero-order chi connectivity index (χ0) is 80.2. The zero-order valence-electron chi connectivity index (χ0n) is 58.1. The van der Waals surface area contributed by atoms with Crippen molar-refractivity contribution in [1.82, 2.24) is 16.0 Å². The third-order valence-electron chi connectivity index (χ3n) is 19.9. The van der Waals surface area contributed by atoms with E-state index < -0.39 is 353 Å². The summed E-state index contributed by atoms with van der Waals surface area (Å²) in [5.74, 6) is -2.74. The molecule has 9 aliphatic rings. The van der Waals surface area contributed by atoms with Crippen molar-refractivity contribution >= 4 is 17.7 Å². The third-order valence-corrected chi connectivity index (χ3v) is 19.9. The monoisotopic (exact) mass is 1600 g/mol. The lowest BCUT2D eigenvalue weighted by Crippen LogP contribution is -2.70. The van der Waals surface area contributed by atoms with Gasteiger partial charge in [0.1, 0.15) is 220 Å². The normalized spacial score (nSPS) is 50.0. The quantitative estimate of drug-likeness (QED) is 0.0346. The van der Waals surface area contributed by atoms with Crippen molar-refractivity contribution in [1.29, 1.82) is 0 Å². The fourth-order valence-electron chi connectivity index (χ4n) is 13.9. The Hall–Kier alpha value is -3.31. The summed E-state index contributed by atoms with van der Waals surface area (Å²) in [6.07, 6.45) is -85.3. The first-order valence-corrected chi connectivity index (χ1v) is 34.6. The van der Waals surface area contributed by atoms with E-state index in [1.807, 2.05) is 0 Å². The molecule has 0 radical (unpaired) electrons. The highest BCUT2D eigenvalue weighted by molar-refractivity contribution is 5.74. The molecular weight excluding hydrogens is 1500 g/mol. The number of aliphatic hydroxyl groups excluding tert-OH is 26. The Labute approximate surface area is 616 Å². The second-order valence-electron chi connectivity index (χ2n) is 27.5. The summed E-state index contributed by atoms with van der Waals surface area (Å²) in [6, 6.07) is -5.57. The second-order valence-corrected chi connectivity index (χ2v) is 27.5. The van der Waals surface area contributed by atoms with E-state index in [0.717, 1.165) is 20.8 Å². The standard InChI is InChI=1S/C60H101N3O46/c1-13(71)61-25-34(80)46(104-56-42(88)37(83)28(74)16(4-64)96-56)20(8-68)100-53(25)93-11-23-32(78)41(87)50(108-54-26(62-14(2)72)35(81)47(21(9-69)101-54)105-57-43(89)38(84)29(75)17(5-65)97-57)59(103-23)94-12-24-33(79)49(45(91)52(92)95-24)107-60-51(40(86)31(77)19(7-67)99-60)109-55-27(63-15(3)73)36(82)48(22(10-70)102-55)106-58-44(90)39(85)30(76)18(6-66)98-58/h16-60,64-70,74-92H,4-12H2,1-3H3,(H,61,71)(H,62,72)(H,63,73)/t16-,17-,18-,19-,20-,21-,22-,23-,24-,25-,26-,27-,28+,29+,30+,31-,32-,33-,34-,35-,36-,37+,38+,39+,40+,41+,42-,43-,44-,45+,46-,47-,48-,49+,50+,51+,52-,53-,54+,55+,56+,57+,58+,59+,60-/m1/s1. The van der Waals surface area contributed by atoms with Crippen LogP contribution in [0.2, 0.25) is 0 Å². The Morgan fingerprint density at radius 3 is 0.844 bits per heavy atom. The second kappa shape index (κ2) is 39.1. The summed E-state index contributed by atoms with van der Waals surface area (Å²) in [4.78, 5) is 38.4. The van der Waals surface area contributed by atoms with Crippen LogP contribution in [0.15, 0.2) is 0 Å². The SMILES string of the molecule is CC(=O)N[C@H]1[C@H](OC[C@H]2O[C@H](OC[C@H]3O[C@@H](O)[C@@H](O)[C@@H](O[C@H]4O[C@H](CO)[C@@H](O)[C@H](O)[C@@H]4O[C@@H]4O[C@H](CO)[C@@H](O[C@@H]5O[C@H](CO)[C@H](O)[C@H](O)[C@H]5O)[C@H](O)[C@H]4NC(C)=O)[C@@H]3O)[C@@H](O[C@@H]3O[C@H](CO)[C@@H](O[C@@H]4O[C@H](CO)[C@H](O)[C@H](O)[C@H]4O)[C@H](O)[C@H]3NC(C)=O)[C@@H](O)[C@@H]2O)O[C@H](CO)[C@@H](O[C@@H]2O[C@H](CO)[C@H](O)[C@H](O)[C@H]2O)[C@@H]1O. The smallest absolute Gasteiger partial charge is 0.217 e. The highest BCUT2D eigenvalue weighted by Crippen LogP contribution is 2.39. The largest absolute Gasteiger partial charge is 0.394 e. The van der Waals surface area contributed by atoms with Gasteiger partial charge in [-0.1, -0.05) is 0 Å². The van der Waals surface area contributed by atoms with E-state index in [2.05, 4.69) is 16.0 Å². The molecule has 0 saturated carbocycles. The molecule has 0 aromatic carbocycles. The number of ether oxygens (including phenoxy) is 17. The number of aliphatic hydroxyl groups is 26. The summed E-state index contributed by atoms with van der Waals surface area (Å²) >= 11 is 0. The topological polar surface area (TPSA) is 770 Å². The van der Waals surface area contributed by atoms with E-state index in [1.54, 1.807) is 0 Å². The summed E-state index contributed by atoms with van der Waals surface area (Å²) in [5.41, 5.74) is 0. The summed E-state index contributed by atoms with van der Waals surface area (Å²) in [5, 5.41) is 291. The van der Waals surface area contributed by atoms with Crippen molar-refractivity contribution in [2.75, 3.05) is 59.5 Å². The fraction of sp³-hybridized carbons (Fsp3) is 0.950.